The Morgan fingerprint density at radius 1 is 1.35 bits per heavy atom. The quantitative estimate of drug-likeness (QED) is 0.795. The van der Waals surface area contributed by atoms with E-state index >= 15 is 0 Å². The third kappa shape index (κ3) is 2.55. The normalized spacial score (nSPS) is 23.7. The third-order valence-electron chi connectivity index (χ3n) is 3.89. The molecule has 1 fully saturated rings. The van der Waals surface area contributed by atoms with E-state index in [1.54, 1.807) is 0 Å². The number of ether oxygens (including phenoxy) is 1. The molecule has 3 nitrogen and oxygen atoms in total. The number of aliphatic hydroxyl groups is 1. The molecular formula is C14H21NO2. The van der Waals surface area contributed by atoms with Crippen LogP contribution in [-0.4, -0.2) is 22.9 Å². The maximum Gasteiger partial charge on any atom is 0.0807 e. The van der Waals surface area contributed by atoms with Gasteiger partial charge in [0, 0.05) is 30.6 Å². The molecule has 1 unspecified atom stereocenters. The average molecular weight is 235 g/mol. The topological polar surface area (TPSA) is 34.4 Å². The van der Waals surface area contributed by atoms with Crippen molar-refractivity contribution in [3.8, 4) is 0 Å². The van der Waals surface area contributed by atoms with Crippen LogP contribution in [0, 0.1) is 5.92 Å². The highest BCUT2D eigenvalue weighted by atomic mass is 16.5. The first kappa shape index (κ1) is 11.3. The lowest BCUT2D eigenvalue weighted by molar-refractivity contribution is 0.115. The van der Waals surface area contributed by atoms with Gasteiger partial charge in [0.15, 0.2) is 0 Å². The molecule has 3 rings (SSSR count). The van der Waals surface area contributed by atoms with E-state index in [-0.39, 0.29) is 6.10 Å². The Bertz CT molecular complexity index is 382. The van der Waals surface area contributed by atoms with E-state index in [0.717, 1.165) is 50.5 Å². The summed E-state index contributed by atoms with van der Waals surface area (Å²) >= 11 is 0. The minimum absolute atomic E-state index is 0.243. The van der Waals surface area contributed by atoms with Crippen LogP contribution in [0.5, 0.6) is 0 Å². The molecule has 0 spiro atoms. The van der Waals surface area contributed by atoms with Crippen molar-refractivity contribution in [3.63, 3.8) is 0 Å². The summed E-state index contributed by atoms with van der Waals surface area (Å²) in [7, 11) is 0. The fourth-order valence-electron chi connectivity index (χ4n) is 2.64. The molecule has 17 heavy (non-hydrogen) atoms. The Morgan fingerprint density at radius 3 is 3.06 bits per heavy atom. The van der Waals surface area contributed by atoms with Gasteiger partial charge in [-0.2, -0.15) is 0 Å². The second-order valence-electron chi connectivity index (χ2n) is 5.34. The Balaban J connectivity index is 1.55. The molecule has 0 bridgehead atoms. The number of aromatic nitrogens is 1. The Labute approximate surface area is 102 Å². The fourth-order valence-corrected chi connectivity index (χ4v) is 2.64. The first-order valence-corrected chi connectivity index (χ1v) is 6.78. The number of hydrogen-bond acceptors (Lipinski definition) is 2. The van der Waals surface area contributed by atoms with E-state index in [9.17, 15) is 5.11 Å². The van der Waals surface area contributed by atoms with Gasteiger partial charge in [0.2, 0.25) is 0 Å². The molecule has 0 saturated heterocycles. The number of hydrogen-bond donors (Lipinski definition) is 1. The fraction of sp³-hybridized carbons (Fsp3) is 0.714. The van der Waals surface area contributed by atoms with Crippen molar-refractivity contribution in [3.05, 3.63) is 23.5 Å². The first-order chi connectivity index (χ1) is 8.34. The summed E-state index contributed by atoms with van der Waals surface area (Å²) in [6, 6.07) is 2.07. The summed E-state index contributed by atoms with van der Waals surface area (Å²) < 4.78 is 7.92. The largest absolute Gasteiger partial charge is 0.388 e. The molecule has 1 heterocycles. The van der Waals surface area contributed by atoms with Gasteiger partial charge in [-0.05, 0) is 44.1 Å². The molecule has 2 aliphatic rings. The van der Waals surface area contributed by atoms with Crippen molar-refractivity contribution in [2.75, 3.05) is 13.2 Å². The second kappa shape index (κ2) is 4.83. The summed E-state index contributed by atoms with van der Waals surface area (Å²) in [6.07, 6.45) is 7.67. The number of rotatable bonds is 5. The molecule has 1 N–H and O–H groups in total. The van der Waals surface area contributed by atoms with Crippen LogP contribution in [0.4, 0.5) is 0 Å². The Morgan fingerprint density at radius 2 is 2.24 bits per heavy atom. The molecule has 2 aliphatic carbocycles. The van der Waals surface area contributed by atoms with E-state index < -0.39 is 0 Å². The highest BCUT2D eigenvalue weighted by Crippen LogP contribution is 2.30. The van der Waals surface area contributed by atoms with Gasteiger partial charge in [0.1, 0.15) is 0 Å². The van der Waals surface area contributed by atoms with E-state index in [1.165, 1.54) is 18.5 Å². The number of nitrogens with zero attached hydrogens (tertiary/aromatic N) is 1. The molecule has 0 aromatic carbocycles. The smallest absolute Gasteiger partial charge is 0.0807 e. The standard InChI is InChI=1S/C14H21NO2/c16-14-3-1-2-13-12(14)6-7-15(13)8-9-17-10-11-4-5-11/h6-7,11,14,16H,1-5,8-10H2. The van der Waals surface area contributed by atoms with E-state index in [1.807, 2.05) is 0 Å². The summed E-state index contributed by atoms with van der Waals surface area (Å²) in [5.41, 5.74) is 2.46. The summed E-state index contributed by atoms with van der Waals surface area (Å²) in [5.74, 6) is 0.843. The van der Waals surface area contributed by atoms with Gasteiger partial charge in [-0.1, -0.05) is 0 Å². The zero-order chi connectivity index (χ0) is 11.7. The van der Waals surface area contributed by atoms with Crippen LogP contribution in [0.1, 0.15) is 43.0 Å². The Hall–Kier alpha value is -0.800. The maximum absolute atomic E-state index is 9.88. The average Bonchev–Trinajstić information content (AvgIpc) is 3.06. The third-order valence-corrected chi connectivity index (χ3v) is 3.89. The van der Waals surface area contributed by atoms with Gasteiger partial charge >= 0.3 is 0 Å². The summed E-state index contributed by atoms with van der Waals surface area (Å²) in [4.78, 5) is 0. The highest BCUT2D eigenvalue weighted by molar-refractivity contribution is 5.27. The van der Waals surface area contributed by atoms with Crippen molar-refractivity contribution < 1.29 is 9.84 Å². The van der Waals surface area contributed by atoms with E-state index in [0.29, 0.717) is 0 Å². The number of aliphatic hydroxyl groups excluding tert-OH is 1. The molecule has 3 heteroatoms. The van der Waals surface area contributed by atoms with Gasteiger partial charge in [-0.15, -0.1) is 0 Å². The van der Waals surface area contributed by atoms with Crippen molar-refractivity contribution in [1.29, 1.82) is 0 Å². The van der Waals surface area contributed by atoms with Gasteiger partial charge in [-0.25, -0.2) is 0 Å². The van der Waals surface area contributed by atoms with Gasteiger partial charge in [0.25, 0.3) is 0 Å². The van der Waals surface area contributed by atoms with Crippen molar-refractivity contribution >= 4 is 0 Å². The van der Waals surface area contributed by atoms with Crippen molar-refractivity contribution in [2.24, 2.45) is 5.92 Å². The van der Waals surface area contributed by atoms with Crippen molar-refractivity contribution in [1.82, 2.24) is 4.57 Å². The van der Waals surface area contributed by atoms with Crippen LogP contribution in [0.3, 0.4) is 0 Å². The molecule has 94 valence electrons. The van der Waals surface area contributed by atoms with Gasteiger partial charge in [0.05, 0.1) is 12.7 Å². The van der Waals surface area contributed by atoms with Crippen LogP contribution in [0.25, 0.3) is 0 Å². The lowest BCUT2D eigenvalue weighted by atomic mass is 9.95. The second-order valence-corrected chi connectivity index (χ2v) is 5.34. The molecule has 1 aromatic heterocycles. The van der Waals surface area contributed by atoms with Crippen LogP contribution in [0.15, 0.2) is 12.3 Å². The molecule has 0 aliphatic heterocycles. The van der Waals surface area contributed by atoms with Gasteiger partial charge in [-0.3, -0.25) is 0 Å². The van der Waals surface area contributed by atoms with E-state index in [2.05, 4.69) is 16.8 Å². The highest BCUT2D eigenvalue weighted by Gasteiger charge is 2.22. The van der Waals surface area contributed by atoms with Crippen LogP contribution >= 0.6 is 0 Å². The maximum atomic E-state index is 9.88. The first-order valence-electron chi connectivity index (χ1n) is 6.78. The van der Waals surface area contributed by atoms with Crippen molar-refractivity contribution in [2.45, 2.75) is 44.8 Å². The molecule has 1 aromatic rings. The monoisotopic (exact) mass is 235 g/mol. The Kier molecular flexibility index (Phi) is 3.21. The molecule has 1 saturated carbocycles. The van der Waals surface area contributed by atoms with Gasteiger partial charge < -0.3 is 14.4 Å². The van der Waals surface area contributed by atoms with Crippen LogP contribution in [-0.2, 0) is 17.7 Å². The molecule has 0 amide bonds. The lowest BCUT2D eigenvalue weighted by Gasteiger charge is -2.20. The van der Waals surface area contributed by atoms with E-state index in [4.69, 9.17) is 4.74 Å². The lowest BCUT2D eigenvalue weighted by Crippen LogP contribution is -2.14. The zero-order valence-corrected chi connectivity index (χ0v) is 10.3. The minimum Gasteiger partial charge on any atom is -0.388 e. The summed E-state index contributed by atoms with van der Waals surface area (Å²) in [5, 5.41) is 9.88. The molecule has 0 radical (unpaired) electrons. The predicted octanol–water partition coefficient (Wildman–Crippen LogP) is 2.28. The SMILES string of the molecule is OC1CCCc2c1ccn2CCOCC1CC1. The number of fused-ring (bicyclic) bond motifs is 1. The van der Waals surface area contributed by atoms with Crippen LogP contribution < -0.4 is 0 Å². The molecule has 1 atom stereocenters. The van der Waals surface area contributed by atoms with Crippen LogP contribution in [0.2, 0.25) is 0 Å². The zero-order valence-electron chi connectivity index (χ0n) is 10.3. The summed E-state index contributed by atoms with van der Waals surface area (Å²) in [6.45, 7) is 2.66. The minimum atomic E-state index is -0.243. The predicted molar refractivity (Wildman–Crippen MR) is 65.9 cm³/mol. The molecular weight excluding hydrogens is 214 g/mol.